The lowest BCUT2D eigenvalue weighted by Crippen LogP contribution is -2.48. The third-order valence-corrected chi connectivity index (χ3v) is 2.88. The number of hydrogen-bond donors (Lipinski definition) is 1. The highest BCUT2D eigenvalue weighted by atomic mass is 32.3. The van der Waals surface area contributed by atoms with Crippen LogP contribution >= 0.6 is 0 Å². The van der Waals surface area contributed by atoms with Gasteiger partial charge in [0.25, 0.3) is 5.96 Å². The van der Waals surface area contributed by atoms with E-state index in [-0.39, 0.29) is 12.6 Å². The largest absolute Gasteiger partial charge is 0.491 e. The molecule has 2 N–H and O–H groups in total. The first-order valence-electron chi connectivity index (χ1n) is 5.39. The second-order valence-corrected chi connectivity index (χ2v) is 4.84. The number of benzene rings is 1. The molecule has 0 spiro atoms. The molecule has 0 saturated carbocycles. The van der Waals surface area contributed by atoms with Gasteiger partial charge in [0.2, 0.25) is 0 Å². The molecule has 0 radical (unpaired) electrons. The van der Waals surface area contributed by atoms with Gasteiger partial charge in [0.1, 0.15) is 0 Å². The van der Waals surface area contributed by atoms with E-state index in [0.717, 1.165) is 10.6 Å². The van der Waals surface area contributed by atoms with Gasteiger partial charge >= 0.3 is 10.4 Å². The van der Waals surface area contributed by atoms with E-state index < -0.39 is 16.6 Å². The maximum Gasteiger partial charge on any atom is 0.491 e. The molecule has 1 aromatic rings. The minimum Gasteiger partial charge on any atom is -0.365 e. The third-order valence-electron chi connectivity index (χ3n) is 2.28. The molecule has 9 heteroatoms. The second kappa shape index (κ2) is 5.43. The number of nitrogens with two attached hydrogens (primary N) is 1. The molecule has 8 nitrogen and oxygen atoms in total. The second-order valence-electron chi connectivity index (χ2n) is 3.73. The molecule has 1 unspecified atom stereocenters. The fraction of sp³-hybridized carbons (Fsp3) is 0.300. The summed E-state index contributed by atoms with van der Waals surface area (Å²) in [6, 6.07) is 9.38. The van der Waals surface area contributed by atoms with Crippen LogP contribution in [-0.2, 0) is 30.3 Å². The van der Waals surface area contributed by atoms with Gasteiger partial charge in [-0.3, -0.25) is 0 Å². The predicted octanol–water partition coefficient (Wildman–Crippen LogP) is 0.288. The van der Waals surface area contributed by atoms with Gasteiger partial charge in [-0.25, -0.2) is 4.28 Å². The zero-order chi connectivity index (χ0) is 13.9. The van der Waals surface area contributed by atoms with Gasteiger partial charge in [-0.2, -0.15) is 13.5 Å². The van der Waals surface area contributed by atoms with Crippen molar-refractivity contribution < 1.29 is 21.7 Å². The monoisotopic (exact) mass is 287 g/mol. The Bertz CT molecular complexity index is 560. The van der Waals surface area contributed by atoms with Gasteiger partial charge < -0.3 is 10.5 Å². The molecule has 1 aliphatic heterocycles. The van der Waals surface area contributed by atoms with Crippen molar-refractivity contribution in [3.8, 4) is 0 Å². The summed E-state index contributed by atoms with van der Waals surface area (Å²) in [5, 5.41) is 3.99. The Labute approximate surface area is 110 Å². The summed E-state index contributed by atoms with van der Waals surface area (Å²) in [4.78, 5) is 0. The summed E-state index contributed by atoms with van der Waals surface area (Å²) in [7, 11) is -4.21. The van der Waals surface area contributed by atoms with Gasteiger partial charge in [-0.15, -0.1) is 4.28 Å². The zero-order valence-electron chi connectivity index (χ0n) is 10.1. The first-order chi connectivity index (χ1) is 8.98. The summed E-state index contributed by atoms with van der Waals surface area (Å²) in [6.07, 6.45) is -0.748. The van der Waals surface area contributed by atoms with Crippen LogP contribution in [0, 0.1) is 0 Å². The Morgan fingerprint density at radius 1 is 1.42 bits per heavy atom. The molecule has 0 amide bonds. The standard InChI is InChI=1S/C10H13N3O5S/c1-8(16-7-9-5-3-2-4-6-9)13-10(11)12-17-19(14,15)18-13/h2-6,8H,7H2,1H3,(H2,11,12). The summed E-state index contributed by atoms with van der Waals surface area (Å²) in [5.41, 5.74) is 6.38. The molecule has 19 heavy (non-hydrogen) atoms. The maximum absolute atomic E-state index is 11.1. The van der Waals surface area contributed by atoms with Crippen LogP contribution in [0.15, 0.2) is 35.5 Å². The Hall–Kier alpha value is -1.84. The number of nitrogens with zero attached hydrogens (tertiary/aromatic N) is 2. The fourth-order valence-electron chi connectivity index (χ4n) is 1.38. The lowest BCUT2D eigenvalue weighted by atomic mass is 10.2. The van der Waals surface area contributed by atoms with Crippen molar-refractivity contribution in [2.45, 2.75) is 19.8 Å². The third kappa shape index (κ3) is 3.56. The highest BCUT2D eigenvalue weighted by Gasteiger charge is 2.31. The van der Waals surface area contributed by atoms with E-state index in [4.69, 9.17) is 10.5 Å². The van der Waals surface area contributed by atoms with Gasteiger partial charge in [0, 0.05) is 0 Å². The Kier molecular flexibility index (Phi) is 3.88. The molecule has 1 atom stereocenters. The van der Waals surface area contributed by atoms with Crippen LogP contribution in [-0.4, -0.2) is 25.7 Å². The van der Waals surface area contributed by atoms with Crippen molar-refractivity contribution in [1.29, 1.82) is 0 Å². The van der Waals surface area contributed by atoms with E-state index >= 15 is 0 Å². The van der Waals surface area contributed by atoms with Crippen LogP contribution in [0.1, 0.15) is 12.5 Å². The lowest BCUT2D eigenvalue weighted by molar-refractivity contribution is -0.152. The van der Waals surface area contributed by atoms with Crippen molar-refractivity contribution >= 4 is 16.4 Å². The van der Waals surface area contributed by atoms with E-state index in [2.05, 4.69) is 13.7 Å². The minimum atomic E-state index is -4.21. The van der Waals surface area contributed by atoms with E-state index in [1.807, 2.05) is 30.3 Å². The minimum absolute atomic E-state index is 0.240. The van der Waals surface area contributed by atoms with Crippen molar-refractivity contribution in [2.24, 2.45) is 10.9 Å². The Morgan fingerprint density at radius 2 is 2.11 bits per heavy atom. The fourth-order valence-corrected chi connectivity index (χ4v) is 1.97. The quantitative estimate of drug-likeness (QED) is 0.848. The van der Waals surface area contributed by atoms with Crippen LogP contribution in [0.25, 0.3) is 0 Å². The highest BCUT2D eigenvalue weighted by molar-refractivity contribution is 7.81. The van der Waals surface area contributed by atoms with E-state index in [1.165, 1.54) is 0 Å². The molecule has 0 fully saturated rings. The topological polar surface area (TPSA) is 103 Å². The van der Waals surface area contributed by atoms with Gasteiger partial charge in [-0.05, 0) is 17.6 Å². The number of guanidine groups is 1. The number of hydroxylamine groups is 2. The molecule has 0 aliphatic carbocycles. The van der Waals surface area contributed by atoms with E-state index in [0.29, 0.717) is 0 Å². The molecule has 0 saturated heterocycles. The molecule has 1 aliphatic rings. The average Bonchev–Trinajstić information content (AvgIpc) is 2.40. The van der Waals surface area contributed by atoms with Crippen LogP contribution in [0.5, 0.6) is 0 Å². The molecule has 1 heterocycles. The van der Waals surface area contributed by atoms with Gasteiger partial charge in [0.15, 0.2) is 6.23 Å². The Morgan fingerprint density at radius 3 is 2.79 bits per heavy atom. The lowest BCUT2D eigenvalue weighted by Gasteiger charge is -2.28. The normalized spacial score (nSPS) is 19.4. The zero-order valence-corrected chi connectivity index (χ0v) is 10.9. The molecule has 0 bridgehead atoms. The van der Waals surface area contributed by atoms with E-state index in [9.17, 15) is 8.42 Å². The summed E-state index contributed by atoms with van der Waals surface area (Å²) in [5.74, 6) is -0.240. The smallest absolute Gasteiger partial charge is 0.365 e. The van der Waals surface area contributed by atoms with Crippen LogP contribution in [0.4, 0.5) is 0 Å². The van der Waals surface area contributed by atoms with E-state index in [1.54, 1.807) is 6.92 Å². The Balaban J connectivity index is 1.98. The molecule has 104 valence electrons. The molecule has 2 rings (SSSR count). The van der Waals surface area contributed by atoms with Crippen molar-refractivity contribution in [3.63, 3.8) is 0 Å². The SMILES string of the molecule is CC(OCc1ccccc1)N1OS(=O)(=O)ON=C1N. The van der Waals surface area contributed by atoms with Gasteiger partial charge in [0.05, 0.1) is 6.61 Å². The first-order valence-corrected chi connectivity index (χ1v) is 6.73. The highest BCUT2D eigenvalue weighted by Crippen LogP contribution is 2.14. The average molecular weight is 287 g/mol. The molecular formula is C10H13N3O5S. The first kappa shape index (κ1) is 13.6. The van der Waals surface area contributed by atoms with Crippen molar-refractivity contribution in [1.82, 2.24) is 5.06 Å². The maximum atomic E-state index is 11.1. The number of oxime groups is 1. The van der Waals surface area contributed by atoms with Crippen molar-refractivity contribution in [3.05, 3.63) is 35.9 Å². The van der Waals surface area contributed by atoms with Crippen molar-refractivity contribution in [2.75, 3.05) is 0 Å². The van der Waals surface area contributed by atoms with Crippen LogP contribution < -0.4 is 5.73 Å². The van der Waals surface area contributed by atoms with Gasteiger partial charge in [-0.1, -0.05) is 30.3 Å². The molecule has 1 aromatic carbocycles. The predicted molar refractivity (Wildman–Crippen MR) is 65.2 cm³/mol. The van der Waals surface area contributed by atoms with Crippen LogP contribution in [0.3, 0.4) is 0 Å². The summed E-state index contributed by atoms with van der Waals surface area (Å²) in [6.45, 7) is 1.85. The molecule has 0 aromatic heterocycles. The summed E-state index contributed by atoms with van der Waals surface area (Å²) >= 11 is 0. The summed E-state index contributed by atoms with van der Waals surface area (Å²) < 4.78 is 36.2. The number of rotatable bonds is 4. The number of ether oxygens (including phenoxy) is 1. The van der Waals surface area contributed by atoms with Crippen LogP contribution in [0.2, 0.25) is 0 Å². The molecular weight excluding hydrogens is 274 g/mol. The number of hydrogen-bond acceptors (Lipinski definition) is 8.